The molecule has 10 heteroatoms. The van der Waals surface area contributed by atoms with E-state index in [4.69, 9.17) is 0 Å². The van der Waals surface area contributed by atoms with Crippen LogP contribution in [0.2, 0.25) is 0 Å². The van der Waals surface area contributed by atoms with Gasteiger partial charge in [-0.05, 0) is 83.9 Å². The van der Waals surface area contributed by atoms with E-state index in [1.54, 1.807) is 58.3 Å². The fourth-order valence-corrected chi connectivity index (χ4v) is 4.86. The maximum absolute atomic E-state index is 10.7. The van der Waals surface area contributed by atoms with E-state index in [2.05, 4.69) is 9.98 Å². The summed E-state index contributed by atoms with van der Waals surface area (Å²) in [5, 5.41) is 21.5. The van der Waals surface area contributed by atoms with Gasteiger partial charge in [0.25, 0.3) is 11.4 Å². The smallest absolute Gasteiger partial charge is 0.258 e. The zero-order valence-electron chi connectivity index (χ0n) is 18.6. The standard InChI is InChI=1S/C26H18N4O4S2/c31-29(32)23-9-1-19(2-10-23)17-27-21-5-13-25(14-6-21)35-36-26-15-7-22(8-16-26)28-18-20-3-11-24(12-4-20)30(33)34/h1-18H. The van der Waals surface area contributed by atoms with Gasteiger partial charge in [0.1, 0.15) is 0 Å². The number of hydrogen-bond donors (Lipinski definition) is 0. The molecule has 0 saturated heterocycles. The van der Waals surface area contributed by atoms with Crippen LogP contribution < -0.4 is 0 Å². The largest absolute Gasteiger partial charge is 0.269 e. The van der Waals surface area contributed by atoms with Crippen molar-refractivity contribution in [2.75, 3.05) is 0 Å². The number of aliphatic imine (C=N–C) groups is 2. The van der Waals surface area contributed by atoms with E-state index in [1.807, 2.05) is 48.5 Å². The van der Waals surface area contributed by atoms with Gasteiger partial charge in [-0.3, -0.25) is 30.2 Å². The summed E-state index contributed by atoms with van der Waals surface area (Å²) in [4.78, 5) is 31.6. The Morgan fingerprint density at radius 2 is 0.861 bits per heavy atom. The van der Waals surface area contributed by atoms with Crippen molar-refractivity contribution < 1.29 is 9.85 Å². The van der Waals surface area contributed by atoms with Crippen LogP contribution in [0.3, 0.4) is 0 Å². The molecule has 0 bridgehead atoms. The summed E-state index contributed by atoms with van der Waals surface area (Å²) in [6.07, 6.45) is 3.35. The maximum Gasteiger partial charge on any atom is 0.269 e. The minimum atomic E-state index is -0.428. The normalized spacial score (nSPS) is 11.2. The Bertz CT molecular complexity index is 1290. The summed E-state index contributed by atoms with van der Waals surface area (Å²) in [5.41, 5.74) is 3.26. The molecular weight excluding hydrogens is 496 g/mol. The molecule has 0 unspecified atom stereocenters. The van der Waals surface area contributed by atoms with Gasteiger partial charge in [-0.2, -0.15) is 0 Å². The molecule has 0 aliphatic rings. The summed E-state index contributed by atoms with van der Waals surface area (Å²) in [6, 6.07) is 28.1. The number of non-ortho nitro benzene ring substituents is 2. The average molecular weight is 515 g/mol. The molecule has 0 radical (unpaired) electrons. The van der Waals surface area contributed by atoms with Gasteiger partial charge in [-0.15, -0.1) is 0 Å². The Hall–Kier alpha value is -4.28. The zero-order valence-corrected chi connectivity index (χ0v) is 20.3. The van der Waals surface area contributed by atoms with E-state index in [-0.39, 0.29) is 11.4 Å². The number of hydrogen-bond acceptors (Lipinski definition) is 8. The zero-order chi connectivity index (χ0) is 25.3. The first-order valence-electron chi connectivity index (χ1n) is 10.6. The van der Waals surface area contributed by atoms with Crippen LogP contribution in [0, 0.1) is 20.2 Å². The Morgan fingerprint density at radius 1 is 0.528 bits per heavy atom. The van der Waals surface area contributed by atoms with Gasteiger partial charge in [0.2, 0.25) is 0 Å². The summed E-state index contributed by atoms with van der Waals surface area (Å²) in [7, 11) is 3.26. The first-order valence-corrected chi connectivity index (χ1v) is 12.7. The summed E-state index contributed by atoms with van der Waals surface area (Å²) in [6.45, 7) is 0. The second kappa shape index (κ2) is 11.9. The van der Waals surface area contributed by atoms with Crippen LogP contribution in [0.4, 0.5) is 22.7 Å². The Morgan fingerprint density at radius 3 is 1.17 bits per heavy atom. The molecule has 4 aromatic rings. The van der Waals surface area contributed by atoms with Crippen LogP contribution >= 0.6 is 21.6 Å². The quantitative estimate of drug-likeness (QED) is 0.0975. The lowest BCUT2D eigenvalue weighted by Gasteiger charge is -2.03. The minimum absolute atomic E-state index is 0.0515. The van der Waals surface area contributed by atoms with Gasteiger partial charge in [-0.25, -0.2) is 0 Å². The van der Waals surface area contributed by atoms with Crippen molar-refractivity contribution in [2.24, 2.45) is 9.98 Å². The Balaban J connectivity index is 1.28. The number of nitro groups is 2. The second-order valence-electron chi connectivity index (χ2n) is 7.37. The third-order valence-corrected chi connectivity index (χ3v) is 7.26. The molecule has 0 fully saturated rings. The molecular formula is C26H18N4O4S2. The van der Waals surface area contributed by atoms with Crippen molar-refractivity contribution in [3.63, 3.8) is 0 Å². The van der Waals surface area contributed by atoms with Crippen molar-refractivity contribution in [3.8, 4) is 0 Å². The molecule has 4 aromatic carbocycles. The highest BCUT2D eigenvalue weighted by Crippen LogP contribution is 2.38. The number of nitro benzene ring substituents is 2. The summed E-state index contributed by atoms with van der Waals surface area (Å²) < 4.78 is 0. The Kier molecular flexibility index (Phi) is 8.22. The molecule has 0 aliphatic carbocycles. The number of nitrogens with zero attached hydrogens (tertiary/aromatic N) is 4. The molecule has 0 atom stereocenters. The van der Waals surface area contributed by atoms with E-state index in [0.717, 1.165) is 32.3 Å². The lowest BCUT2D eigenvalue weighted by atomic mass is 10.2. The van der Waals surface area contributed by atoms with Gasteiger partial charge in [0.15, 0.2) is 0 Å². The fourth-order valence-electron chi connectivity index (χ4n) is 2.93. The molecule has 178 valence electrons. The molecule has 8 nitrogen and oxygen atoms in total. The SMILES string of the molecule is O=[N+]([O-])c1ccc(C=Nc2ccc(SSc3ccc(N=Cc4ccc([N+](=O)[O-])cc4)cc3)cc2)cc1. The average Bonchev–Trinajstić information content (AvgIpc) is 2.91. The predicted molar refractivity (Wildman–Crippen MR) is 145 cm³/mol. The van der Waals surface area contributed by atoms with E-state index in [9.17, 15) is 20.2 Å². The van der Waals surface area contributed by atoms with Gasteiger partial charge in [0, 0.05) is 46.5 Å². The van der Waals surface area contributed by atoms with Crippen LogP contribution in [0.15, 0.2) is 117 Å². The van der Waals surface area contributed by atoms with Crippen molar-refractivity contribution >= 4 is 56.8 Å². The highest BCUT2D eigenvalue weighted by atomic mass is 33.1. The third-order valence-electron chi connectivity index (χ3n) is 4.84. The molecule has 36 heavy (non-hydrogen) atoms. The predicted octanol–water partition coefficient (Wildman–Crippen LogP) is 7.80. The molecule has 0 aliphatic heterocycles. The highest BCUT2D eigenvalue weighted by Gasteiger charge is 2.04. The highest BCUT2D eigenvalue weighted by molar-refractivity contribution is 8.76. The Labute approximate surface area is 214 Å². The van der Waals surface area contributed by atoms with E-state index >= 15 is 0 Å². The summed E-state index contributed by atoms with van der Waals surface area (Å²) in [5.74, 6) is 0. The molecule has 0 spiro atoms. The van der Waals surface area contributed by atoms with Gasteiger partial charge < -0.3 is 0 Å². The van der Waals surface area contributed by atoms with Crippen LogP contribution in [-0.2, 0) is 0 Å². The second-order valence-corrected chi connectivity index (χ2v) is 9.64. The summed E-state index contributed by atoms with van der Waals surface area (Å²) >= 11 is 0. The molecule has 0 saturated carbocycles. The molecule has 0 aromatic heterocycles. The van der Waals surface area contributed by atoms with Gasteiger partial charge in [0.05, 0.1) is 21.2 Å². The molecule has 0 amide bonds. The van der Waals surface area contributed by atoms with E-state index in [0.29, 0.717) is 0 Å². The topological polar surface area (TPSA) is 111 Å². The van der Waals surface area contributed by atoms with Crippen molar-refractivity contribution in [1.29, 1.82) is 0 Å². The fraction of sp³-hybridized carbons (Fsp3) is 0. The first-order chi connectivity index (χ1) is 17.5. The molecule has 0 heterocycles. The van der Waals surface area contributed by atoms with Crippen molar-refractivity contribution in [2.45, 2.75) is 9.79 Å². The third kappa shape index (κ3) is 7.11. The monoisotopic (exact) mass is 514 g/mol. The lowest BCUT2D eigenvalue weighted by molar-refractivity contribution is -0.385. The molecule has 4 rings (SSSR count). The van der Waals surface area contributed by atoms with Crippen molar-refractivity contribution in [1.82, 2.24) is 0 Å². The van der Waals surface area contributed by atoms with Crippen LogP contribution in [0.25, 0.3) is 0 Å². The number of benzene rings is 4. The van der Waals surface area contributed by atoms with Crippen LogP contribution in [0.1, 0.15) is 11.1 Å². The number of rotatable bonds is 9. The lowest BCUT2D eigenvalue weighted by Crippen LogP contribution is -1.88. The van der Waals surface area contributed by atoms with Gasteiger partial charge >= 0.3 is 0 Å². The van der Waals surface area contributed by atoms with Crippen molar-refractivity contribution in [3.05, 3.63) is 128 Å². The minimum Gasteiger partial charge on any atom is -0.258 e. The molecule has 0 N–H and O–H groups in total. The van der Waals surface area contributed by atoms with E-state index < -0.39 is 9.85 Å². The van der Waals surface area contributed by atoms with Gasteiger partial charge in [-0.1, -0.05) is 21.6 Å². The van der Waals surface area contributed by atoms with Crippen LogP contribution in [-0.4, -0.2) is 22.3 Å². The van der Waals surface area contributed by atoms with E-state index in [1.165, 1.54) is 24.3 Å². The first kappa shape index (κ1) is 24.8. The van der Waals surface area contributed by atoms with Crippen LogP contribution in [0.5, 0.6) is 0 Å². The maximum atomic E-state index is 10.7.